The van der Waals surface area contributed by atoms with E-state index >= 15 is 0 Å². The molecule has 0 spiro atoms. The molecule has 2 N–H and O–H groups in total. The lowest BCUT2D eigenvalue weighted by Gasteiger charge is -2.11. The fourth-order valence-corrected chi connectivity index (χ4v) is 5.69. The highest BCUT2D eigenvalue weighted by Gasteiger charge is 2.22. The Kier molecular flexibility index (Phi) is 6.24. The highest BCUT2D eigenvalue weighted by molar-refractivity contribution is 7.93. The first-order chi connectivity index (χ1) is 13.6. The molecule has 0 saturated heterocycles. The van der Waals surface area contributed by atoms with Crippen molar-refractivity contribution in [2.24, 2.45) is 0 Å². The van der Waals surface area contributed by atoms with Gasteiger partial charge >= 0.3 is 0 Å². The lowest BCUT2D eigenvalue weighted by Crippen LogP contribution is -2.26. The molecule has 0 aliphatic rings. The minimum atomic E-state index is -3.86. The fraction of sp³-hybridized carbons (Fsp3) is 0.176. The van der Waals surface area contributed by atoms with Crippen LogP contribution in [-0.4, -0.2) is 27.0 Å². The molecule has 0 amide bonds. The molecule has 0 bridgehead atoms. The van der Waals surface area contributed by atoms with Crippen LogP contribution >= 0.6 is 22.9 Å². The summed E-state index contributed by atoms with van der Waals surface area (Å²) in [5, 5.41) is 8.44. The predicted molar refractivity (Wildman–Crippen MR) is 112 cm³/mol. The third-order valence-electron chi connectivity index (χ3n) is 3.82. The number of aromatic nitrogens is 2. The molecule has 1 unspecified atom stereocenters. The maximum atomic E-state index is 12.5. The maximum absolute atomic E-state index is 12.5. The number of hydrogen-bond donors (Lipinski definition) is 2. The van der Waals surface area contributed by atoms with Crippen LogP contribution in [0.1, 0.15) is 23.5 Å². The predicted octanol–water partition coefficient (Wildman–Crippen LogP) is 3.34. The van der Waals surface area contributed by atoms with Crippen LogP contribution in [0, 0.1) is 6.92 Å². The van der Waals surface area contributed by atoms with Gasteiger partial charge in [-0.1, -0.05) is 40.6 Å². The molecular weight excluding hydrogens is 456 g/mol. The molecule has 0 aliphatic heterocycles. The van der Waals surface area contributed by atoms with E-state index < -0.39 is 26.1 Å². The number of nitrogens with zero attached hydrogens (tertiary/aromatic N) is 2. The summed E-state index contributed by atoms with van der Waals surface area (Å²) in [6, 6.07) is 11.4. The number of nitrogens with one attached hydrogen (secondary N) is 2. The van der Waals surface area contributed by atoms with Gasteiger partial charge in [-0.05, 0) is 50.2 Å². The Bertz CT molecular complexity index is 1210. The van der Waals surface area contributed by atoms with Crippen molar-refractivity contribution >= 4 is 48.1 Å². The summed E-state index contributed by atoms with van der Waals surface area (Å²) in [4.78, 5) is 0.148. The summed E-state index contributed by atoms with van der Waals surface area (Å²) in [5.74, 6) is 0. The van der Waals surface area contributed by atoms with E-state index in [9.17, 15) is 16.8 Å². The molecule has 0 aliphatic carbocycles. The number of hydrogen-bond acceptors (Lipinski definition) is 7. The van der Waals surface area contributed by atoms with Crippen molar-refractivity contribution in [2.75, 3.05) is 4.72 Å². The van der Waals surface area contributed by atoms with E-state index in [0.29, 0.717) is 10.0 Å². The second kappa shape index (κ2) is 8.36. The van der Waals surface area contributed by atoms with Crippen LogP contribution in [0.25, 0.3) is 0 Å². The van der Waals surface area contributed by atoms with Gasteiger partial charge in [-0.2, -0.15) is 0 Å². The minimum absolute atomic E-state index is 0.0202. The van der Waals surface area contributed by atoms with Gasteiger partial charge in [-0.3, -0.25) is 4.72 Å². The van der Waals surface area contributed by atoms with Crippen LogP contribution in [0.15, 0.2) is 58.3 Å². The van der Waals surface area contributed by atoms with Crippen LogP contribution in [-0.2, 0) is 20.0 Å². The zero-order valence-electron chi connectivity index (χ0n) is 15.3. The molecule has 0 radical (unpaired) electrons. The number of benzene rings is 2. The van der Waals surface area contributed by atoms with Crippen molar-refractivity contribution in [3.8, 4) is 0 Å². The molecule has 0 saturated carbocycles. The lowest BCUT2D eigenvalue weighted by molar-refractivity contribution is 0.565. The molecule has 29 heavy (non-hydrogen) atoms. The molecule has 1 heterocycles. The fourth-order valence-electron chi connectivity index (χ4n) is 2.31. The standard InChI is InChI=1S/C17H17ClN4O4S3/c1-11-3-7-14(8-4-11)28(23,24)21-12(2)16-19-20-17(27-16)22-29(25,26)15-9-5-13(18)6-10-15/h3-10,12,21H,1-2H3,(H,20,22). The Morgan fingerprint density at radius 1 is 0.897 bits per heavy atom. The number of sulfonamides is 2. The average molecular weight is 473 g/mol. The SMILES string of the molecule is Cc1ccc(S(=O)(=O)NC(C)c2nnc(NS(=O)(=O)c3ccc(Cl)cc3)s2)cc1. The summed E-state index contributed by atoms with van der Waals surface area (Å²) in [7, 11) is -7.62. The van der Waals surface area contributed by atoms with E-state index in [1.165, 1.54) is 36.4 Å². The van der Waals surface area contributed by atoms with Gasteiger partial charge in [0.05, 0.1) is 15.8 Å². The quantitative estimate of drug-likeness (QED) is 0.544. The van der Waals surface area contributed by atoms with Crippen LogP contribution in [0.3, 0.4) is 0 Å². The van der Waals surface area contributed by atoms with Gasteiger partial charge in [0.15, 0.2) is 0 Å². The first-order valence-electron chi connectivity index (χ1n) is 8.28. The third kappa shape index (κ3) is 5.31. The number of halogens is 1. The van der Waals surface area contributed by atoms with Crippen molar-refractivity contribution in [3.05, 3.63) is 64.1 Å². The third-order valence-corrected chi connectivity index (χ3v) is 8.13. The van der Waals surface area contributed by atoms with Crippen molar-refractivity contribution in [3.63, 3.8) is 0 Å². The molecule has 12 heteroatoms. The zero-order valence-corrected chi connectivity index (χ0v) is 18.5. The number of anilines is 1. The topological polar surface area (TPSA) is 118 Å². The average Bonchev–Trinajstić information content (AvgIpc) is 3.10. The van der Waals surface area contributed by atoms with E-state index in [1.54, 1.807) is 19.1 Å². The Labute approximate surface area is 178 Å². The normalized spacial score (nSPS) is 13.2. The van der Waals surface area contributed by atoms with Gasteiger partial charge in [0.2, 0.25) is 15.2 Å². The summed E-state index contributed by atoms with van der Waals surface area (Å²) in [5.41, 5.74) is 0.943. The van der Waals surface area contributed by atoms with Crippen LogP contribution < -0.4 is 9.44 Å². The second-order valence-corrected chi connectivity index (χ2v) is 11.0. The van der Waals surface area contributed by atoms with Crippen LogP contribution in [0.5, 0.6) is 0 Å². The largest absolute Gasteiger partial charge is 0.263 e. The van der Waals surface area contributed by atoms with Crippen molar-refractivity contribution in [2.45, 2.75) is 29.7 Å². The van der Waals surface area contributed by atoms with Crippen molar-refractivity contribution < 1.29 is 16.8 Å². The molecule has 1 aromatic heterocycles. The summed E-state index contributed by atoms with van der Waals surface area (Å²) >= 11 is 6.71. The van der Waals surface area contributed by atoms with Crippen LogP contribution in [0.2, 0.25) is 5.02 Å². The van der Waals surface area contributed by atoms with E-state index in [-0.39, 0.29) is 14.9 Å². The Morgan fingerprint density at radius 2 is 1.45 bits per heavy atom. The second-order valence-electron chi connectivity index (χ2n) is 6.16. The van der Waals surface area contributed by atoms with E-state index in [1.807, 2.05) is 6.92 Å². The molecule has 1 atom stereocenters. The first-order valence-corrected chi connectivity index (χ1v) is 12.4. The smallest absolute Gasteiger partial charge is 0.253 e. The van der Waals surface area contributed by atoms with E-state index in [2.05, 4.69) is 19.6 Å². The maximum Gasteiger partial charge on any atom is 0.263 e. The molecule has 3 aromatic rings. The molecule has 154 valence electrons. The van der Waals surface area contributed by atoms with Gasteiger partial charge in [0.1, 0.15) is 5.01 Å². The van der Waals surface area contributed by atoms with Crippen molar-refractivity contribution in [1.82, 2.24) is 14.9 Å². The van der Waals surface area contributed by atoms with Crippen LogP contribution in [0.4, 0.5) is 5.13 Å². The van der Waals surface area contributed by atoms with Gasteiger partial charge in [0, 0.05) is 5.02 Å². The molecular formula is C17H17ClN4O4S3. The van der Waals surface area contributed by atoms with Gasteiger partial charge in [0.25, 0.3) is 10.0 Å². The van der Waals surface area contributed by atoms with Gasteiger partial charge < -0.3 is 0 Å². The monoisotopic (exact) mass is 472 g/mol. The first kappa shape index (κ1) is 21.7. The summed E-state index contributed by atoms with van der Waals surface area (Å²) < 4.78 is 54.6. The molecule has 2 aromatic carbocycles. The zero-order chi connectivity index (χ0) is 21.2. The molecule has 0 fully saturated rings. The van der Waals surface area contributed by atoms with Gasteiger partial charge in [-0.25, -0.2) is 21.6 Å². The number of rotatable bonds is 7. The Morgan fingerprint density at radius 3 is 2.07 bits per heavy atom. The van der Waals surface area contributed by atoms with Gasteiger partial charge in [-0.15, -0.1) is 10.2 Å². The van der Waals surface area contributed by atoms with Crippen molar-refractivity contribution in [1.29, 1.82) is 0 Å². The lowest BCUT2D eigenvalue weighted by atomic mass is 10.2. The van der Waals surface area contributed by atoms with E-state index in [4.69, 9.17) is 11.6 Å². The highest BCUT2D eigenvalue weighted by atomic mass is 35.5. The Hall–Kier alpha value is -2.05. The van der Waals surface area contributed by atoms with E-state index in [0.717, 1.165) is 16.9 Å². The Balaban J connectivity index is 1.73. The highest BCUT2D eigenvalue weighted by Crippen LogP contribution is 2.25. The minimum Gasteiger partial charge on any atom is -0.253 e. The summed E-state index contributed by atoms with van der Waals surface area (Å²) in [6.07, 6.45) is 0. The molecule has 8 nitrogen and oxygen atoms in total. The summed E-state index contributed by atoms with van der Waals surface area (Å²) in [6.45, 7) is 3.46. The number of aryl methyl sites for hydroxylation is 1. The molecule has 3 rings (SSSR count).